The highest BCUT2D eigenvalue weighted by molar-refractivity contribution is 5.84. The summed E-state index contributed by atoms with van der Waals surface area (Å²) in [5.41, 5.74) is 1.74. The van der Waals surface area contributed by atoms with Crippen LogP contribution in [0, 0.1) is 11.7 Å². The number of carbonyl (C=O) groups is 2. The highest BCUT2D eigenvalue weighted by Gasteiger charge is 2.38. The SMILES string of the molecule is CC[C@@H](C)[C@H](NC(=O)N1CCc2[nH]cnc2[C@@H]1c1ccc(OC)cc1F)C(=O)OC. The van der Waals surface area contributed by atoms with Crippen molar-refractivity contribution in [3.8, 4) is 5.75 Å². The Labute approximate surface area is 174 Å². The van der Waals surface area contributed by atoms with Crippen LogP contribution in [-0.4, -0.2) is 53.7 Å². The fourth-order valence-electron chi connectivity index (χ4n) is 3.68. The van der Waals surface area contributed by atoms with Crippen molar-refractivity contribution >= 4 is 12.0 Å². The van der Waals surface area contributed by atoms with Gasteiger partial charge in [0.25, 0.3) is 0 Å². The van der Waals surface area contributed by atoms with Gasteiger partial charge in [0.05, 0.1) is 26.2 Å². The van der Waals surface area contributed by atoms with Crippen LogP contribution in [0.4, 0.5) is 9.18 Å². The smallest absolute Gasteiger partial charge is 0.328 e. The molecular weight excluding hydrogens is 391 g/mol. The number of hydrogen-bond acceptors (Lipinski definition) is 5. The Hall–Kier alpha value is -3.10. The molecule has 2 amide bonds. The highest BCUT2D eigenvalue weighted by atomic mass is 19.1. The van der Waals surface area contributed by atoms with E-state index in [1.165, 1.54) is 31.5 Å². The Morgan fingerprint density at radius 1 is 1.40 bits per heavy atom. The molecule has 8 nitrogen and oxygen atoms in total. The van der Waals surface area contributed by atoms with Crippen molar-refractivity contribution < 1.29 is 23.5 Å². The van der Waals surface area contributed by atoms with Crippen LogP contribution in [0.25, 0.3) is 0 Å². The highest BCUT2D eigenvalue weighted by Crippen LogP contribution is 2.35. The van der Waals surface area contributed by atoms with Gasteiger partial charge in [-0.3, -0.25) is 0 Å². The molecule has 1 aliphatic rings. The first-order chi connectivity index (χ1) is 14.4. The van der Waals surface area contributed by atoms with Gasteiger partial charge in [-0.2, -0.15) is 0 Å². The van der Waals surface area contributed by atoms with E-state index in [-0.39, 0.29) is 5.92 Å². The predicted octanol–water partition coefficient (Wildman–Crippen LogP) is 2.80. The normalized spacial score (nSPS) is 17.6. The van der Waals surface area contributed by atoms with E-state index in [9.17, 15) is 14.0 Å². The van der Waals surface area contributed by atoms with Gasteiger partial charge in [0.2, 0.25) is 0 Å². The second kappa shape index (κ2) is 9.15. The van der Waals surface area contributed by atoms with Crippen LogP contribution in [0.3, 0.4) is 0 Å². The van der Waals surface area contributed by atoms with Crippen LogP contribution in [-0.2, 0) is 16.0 Å². The minimum absolute atomic E-state index is 0.122. The van der Waals surface area contributed by atoms with Crippen molar-refractivity contribution in [1.29, 1.82) is 0 Å². The zero-order valence-corrected chi connectivity index (χ0v) is 17.6. The molecule has 162 valence electrons. The number of amides is 2. The first-order valence-corrected chi connectivity index (χ1v) is 9.91. The number of ether oxygens (including phenoxy) is 2. The number of H-pyrrole nitrogens is 1. The molecule has 0 saturated heterocycles. The van der Waals surface area contributed by atoms with E-state index >= 15 is 0 Å². The van der Waals surface area contributed by atoms with Crippen molar-refractivity contribution in [2.45, 2.75) is 38.8 Å². The Bertz CT molecular complexity index is 916. The van der Waals surface area contributed by atoms with Gasteiger partial charge < -0.3 is 24.7 Å². The molecule has 2 N–H and O–H groups in total. The van der Waals surface area contributed by atoms with E-state index in [4.69, 9.17) is 9.47 Å². The molecule has 30 heavy (non-hydrogen) atoms. The van der Waals surface area contributed by atoms with E-state index < -0.39 is 29.9 Å². The van der Waals surface area contributed by atoms with E-state index in [1.54, 1.807) is 12.1 Å². The molecule has 1 aromatic carbocycles. The fourth-order valence-corrected chi connectivity index (χ4v) is 3.68. The minimum atomic E-state index is -0.797. The number of carbonyl (C=O) groups excluding carboxylic acids is 2. The maximum Gasteiger partial charge on any atom is 0.328 e. The summed E-state index contributed by atoms with van der Waals surface area (Å²) in [5.74, 6) is -0.752. The number of imidazole rings is 1. The van der Waals surface area contributed by atoms with Crippen LogP contribution in [0.1, 0.15) is 43.3 Å². The quantitative estimate of drug-likeness (QED) is 0.704. The zero-order chi connectivity index (χ0) is 21.8. The monoisotopic (exact) mass is 418 g/mol. The van der Waals surface area contributed by atoms with Gasteiger partial charge in [-0.15, -0.1) is 0 Å². The number of halogens is 1. The Morgan fingerprint density at radius 3 is 2.80 bits per heavy atom. The summed E-state index contributed by atoms with van der Waals surface area (Å²) in [6, 6.07) is 2.51. The third-order valence-electron chi connectivity index (χ3n) is 5.64. The number of nitrogens with zero attached hydrogens (tertiary/aromatic N) is 2. The lowest BCUT2D eigenvalue weighted by atomic mass is 9.95. The van der Waals surface area contributed by atoms with Gasteiger partial charge in [0.1, 0.15) is 23.7 Å². The van der Waals surface area contributed by atoms with Crippen LogP contribution in [0.15, 0.2) is 24.5 Å². The Balaban J connectivity index is 1.96. The number of aromatic amines is 1. The fraction of sp³-hybridized carbons (Fsp3) is 0.476. The maximum absolute atomic E-state index is 14.9. The lowest BCUT2D eigenvalue weighted by Crippen LogP contribution is -2.53. The number of fused-ring (bicyclic) bond motifs is 1. The molecule has 2 heterocycles. The third kappa shape index (κ3) is 4.10. The van der Waals surface area contributed by atoms with E-state index in [1.807, 2.05) is 13.8 Å². The van der Waals surface area contributed by atoms with Crippen LogP contribution < -0.4 is 10.1 Å². The van der Waals surface area contributed by atoms with Crippen LogP contribution >= 0.6 is 0 Å². The first kappa shape index (κ1) is 21.6. The number of rotatable bonds is 6. The van der Waals surface area contributed by atoms with Crippen LogP contribution in [0.2, 0.25) is 0 Å². The molecule has 2 aromatic rings. The van der Waals surface area contributed by atoms with Crippen molar-refractivity contribution in [1.82, 2.24) is 20.2 Å². The second-order valence-electron chi connectivity index (χ2n) is 7.34. The minimum Gasteiger partial charge on any atom is -0.497 e. The number of hydrogen-bond donors (Lipinski definition) is 2. The first-order valence-electron chi connectivity index (χ1n) is 9.91. The number of esters is 1. The van der Waals surface area contributed by atoms with Gasteiger partial charge in [-0.25, -0.2) is 19.0 Å². The number of nitrogens with one attached hydrogen (secondary N) is 2. The van der Waals surface area contributed by atoms with Gasteiger partial charge in [-0.1, -0.05) is 20.3 Å². The summed E-state index contributed by atoms with van der Waals surface area (Å²) >= 11 is 0. The molecule has 1 aliphatic heterocycles. The summed E-state index contributed by atoms with van der Waals surface area (Å²) in [7, 11) is 2.75. The average Bonchev–Trinajstić information content (AvgIpc) is 3.24. The molecule has 0 aliphatic carbocycles. The van der Waals surface area contributed by atoms with Crippen molar-refractivity contribution in [2.75, 3.05) is 20.8 Å². The van der Waals surface area contributed by atoms with Crippen molar-refractivity contribution in [2.24, 2.45) is 5.92 Å². The maximum atomic E-state index is 14.9. The van der Waals surface area contributed by atoms with Gasteiger partial charge in [0.15, 0.2) is 0 Å². The largest absolute Gasteiger partial charge is 0.497 e. The number of methoxy groups -OCH3 is 2. The second-order valence-corrected chi connectivity index (χ2v) is 7.34. The molecule has 9 heteroatoms. The van der Waals surface area contributed by atoms with Crippen molar-refractivity contribution in [3.63, 3.8) is 0 Å². The molecule has 1 aromatic heterocycles. The van der Waals surface area contributed by atoms with Crippen molar-refractivity contribution in [3.05, 3.63) is 47.3 Å². The number of urea groups is 1. The van der Waals surface area contributed by atoms with E-state index in [0.717, 1.165) is 5.69 Å². The molecule has 0 bridgehead atoms. The van der Waals surface area contributed by atoms with Gasteiger partial charge in [-0.05, 0) is 18.1 Å². The summed E-state index contributed by atoms with van der Waals surface area (Å²) < 4.78 is 24.9. The molecule has 0 fully saturated rings. The van der Waals surface area contributed by atoms with Gasteiger partial charge in [0, 0.05) is 30.3 Å². The molecular formula is C21H27FN4O4. The van der Waals surface area contributed by atoms with Gasteiger partial charge >= 0.3 is 12.0 Å². The Kier molecular flexibility index (Phi) is 6.59. The standard InChI is InChI=1S/C21H27FN4O4/c1-5-12(2)17(20(27)30-4)25-21(28)26-9-8-16-18(24-11-23-16)19(26)14-7-6-13(29-3)10-15(14)22/h6-7,10-12,17,19H,5,8-9H2,1-4H3,(H,23,24)(H,25,28)/t12-,17+,19+/m1/s1. The molecule has 0 unspecified atom stereocenters. The molecule has 3 atom stereocenters. The topological polar surface area (TPSA) is 96.5 Å². The number of aromatic nitrogens is 2. The van der Waals surface area contributed by atoms with E-state index in [0.29, 0.717) is 36.4 Å². The van der Waals surface area contributed by atoms with E-state index in [2.05, 4.69) is 15.3 Å². The summed E-state index contributed by atoms with van der Waals surface area (Å²) in [6.45, 7) is 4.13. The average molecular weight is 418 g/mol. The zero-order valence-electron chi connectivity index (χ0n) is 17.6. The summed E-state index contributed by atoms with van der Waals surface area (Å²) in [5, 5.41) is 2.78. The lowest BCUT2D eigenvalue weighted by molar-refractivity contribution is -0.144. The molecule has 0 spiro atoms. The lowest BCUT2D eigenvalue weighted by Gasteiger charge is -2.36. The summed E-state index contributed by atoms with van der Waals surface area (Å²) in [4.78, 5) is 34.4. The predicted molar refractivity (Wildman–Crippen MR) is 108 cm³/mol. The molecule has 0 radical (unpaired) electrons. The third-order valence-corrected chi connectivity index (χ3v) is 5.64. The van der Waals surface area contributed by atoms with Crippen LogP contribution in [0.5, 0.6) is 5.75 Å². The Morgan fingerprint density at radius 2 is 2.17 bits per heavy atom. The number of benzene rings is 1. The summed E-state index contributed by atoms with van der Waals surface area (Å²) in [6.07, 6.45) is 2.76. The molecule has 3 rings (SSSR count). The molecule has 0 saturated carbocycles.